The van der Waals surface area contributed by atoms with Gasteiger partial charge in [-0.3, -0.25) is 0 Å². The van der Waals surface area contributed by atoms with Crippen molar-refractivity contribution in [3.05, 3.63) is 11.6 Å². The second-order valence-electron chi connectivity index (χ2n) is 3.37. The molecule has 0 fully saturated rings. The van der Waals surface area contributed by atoms with Crippen LogP contribution in [0.5, 0.6) is 0 Å². The number of ether oxygens (including phenoxy) is 1. The molecular formula is C8H14O2. The SMILES string of the molecule is CC1=CC(C)(C)OC(O)C1. The van der Waals surface area contributed by atoms with E-state index in [-0.39, 0.29) is 5.60 Å². The largest absolute Gasteiger partial charge is 0.368 e. The van der Waals surface area contributed by atoms with Gasteiger partial charge in [0.15, 0.2) is 6.29 Å². The Morgan fingerprint density at radius 2 is 2.30 bits per heavy atom. The van der Waals surface area contributed by atoms with Gasteiger partial charge in [0.1, 0.15) is 0 Å². The maximum absolute atomic E-state index is 9.15. The van der Waals surface area contributed by atoms with Crippen LogP contribution < -0.4 is 0 Å². The molecule has 0 amide bonds. The fourth-order valence-electron chi connectivity index (χ4n) is 1.35. The van der Waals surface area contributed by atoms with E-state index in [1.807, 2.05) is 26.8 Å². The summed E-state index contributed by atoms with van der Waals surface area (Å²) in [5.41, 5.74) is 0.908. The number of aliphatic hydroxyl groups excluding tert-OH is 1. The summed E-state index contributed by atoms with van der Waals surface area (Å²) in [7, 11) is 0. The maximum atomic E-state index is 9.15. The lowest BCUT2D eigenvalue weighted by atomic mass is 10.0. The van der Waals surface area contributed by atoms with Gasteiger partial charge >= 0.3 is 0 Å². The van der Waals surface area contributed by atoms with Gasteiger partial charge in [-0.1, -0.05) is 11.6 Å². The van der Waals surface area contributed by atoms with Crippen LogP contribution in [0.1, 0.15) is 27.2 Å². The Morgan fingerprint density at radius 3 is 2.70 bits per heavy atom. The molecule has 0 spiro atoms. The topological polar surface area (TPSA) is 29.5 Å². The summed E-state index contributed by atoms with van der Waals surface area (Å²) >= 11 is 0. The zero-order valence-corrected chi connectivity index (χ0v) is 6.72. The van der Waals surface area contributed by atoms with Crippen molar-refractivity contribution in [2.45, 2.75) is 39.1 Å². The summed E-state index contributed by atoms with van der Waals surface area (Å²) in [6.45, 7) is 5.89. The fourth-order valence-corrected chi connectivity index (χ4v) is 1.35. The Balaban J connectivity index is 2.74. The van der Waals surface area contributed by atoms with Crippen molar-refractivity contribution in [2.24, 2.45) is 0 Å². The van der Waals surface area contributed by atoms with Crippen molar-refractivity contribution in [3.8, 4) is 0 Å². The van der Waals surface area contributed by atoms with Crippen LogP contribution in [-0.4, -0.2) is 17.0 Å². The molecule has 0 aromatic heterocycles. The summed E-state index contributed by atoms with van der Waals surface area (Å²) in [6.07, 6.45) is 2.07. The zero-order valence-electron chi connectivity index (χ0n) is 6.72. The van der Waals surface area contributed by atoms with Crippen LogP contribution in [0.15, 0.2) is 11.6 Å². The molecule has 1 unspecified atom stereocenters. The van der Waals surface area contributed by atoms with Crippen LogP contribution in [0.25, 0.3) is 0 Å². The molecule has 0 aliphatic carbocycles. The first-order chi connectivity index (χ1) is 4.49. The second kappa shape index (κ2) is 2.36. The average molecular weight is 142 g/mol. The molecule has 0 aromatic carbocycles. The molecule has 0 saturated carbocycles. The average Bonchev–Trinajstić information content (AvgIpc) is 1.54. The van der Waals surface area contributed by atoms with Gasteiger partial charge in [0.25, 0.3) is 0 Å². The van der Waals surface area contributed by atoms with Gasteiger partial charge in [-0.05, 0) is 20.8 Å². The second-order valence-corrected chi connectivity index (χ2v) is 3.37. The summed E-state index contributed by atoms with van der Waals surface area (Å²) in [6, 6.07) is 0. The third-order valence-electron chi connectivity index (χ3n) is 1.53. The quantitative estimate of drug-likeness (QED) is 0.519. The minimum Gasteiger partial charge on any atom is -0.368 e. The van der Waals surface area contributed by atoms with Crippen molar-refractivity contribution in [3.63, 3.8) is 0 Å². The van der Waals surface area contributed by atoms with Gasteiger partial charge in [-0.25, -0.2) is 0 Å². The Labute approximate surface area is 61.5 Å². The number of hydrogen-bond donors (Lipinski definition) is 1. The van der Waals surface area contributed by atoms with E-state index in [0.29, 0.717) is 6.42 Å². The predicted octanol–water partition coefficient (Wildman–Crippen LogP) is 1.45. The van der Waals surface area contributed by atoms with Crippen LogP contribution in [0.3, 0.4) is 0 Å². The highest BCUT2D eigenvalue weighted by Gasteiger charge is 2.24. The highest BCUT2D eigenvalue weighted by atomic mass is 16.6. The Hall–Kier alpha value is -0.340. The van der Waals surface area contributed by atoms with Gasteiger partial charge in [0.05, 0.1) is 5.60 Å². The van der Waals surface area contributed by atoms with Gasteiger partial charge in [0, 0.05) is 6.42 Å². The maximum Gasteiger partial charge on any atom is 0.159 e. The monoisotopic (exact) mass is 142 g/mol. The summed E-state index contributed by atoms with van der Waals surface area (Å²) in [4.78, 5) is 0. The van der Waals surface area contributed by atoms with Crippen molar-refractivity contribution < 1.29 is 9.84 Å². The molecule has 1 atom stereocenters. The van der Waals surface area contributed by atoms with E-state index < -0.39 is 6.29 Å². The summed E-state index contributed by atoms with van der Waals surface area (Å²) < 4.78 is 5.22. The van der Waals surface area contributed by atoms with Crippen molar-refractivity contribution in [1.29, 1.82) is 0 Å². The molecule has 1 heterocycles. The predicted molar refractivity (Wildman–Crippen MR) is 39.5 cm³/mol. The lowest BCUT2D eigenvalue weighted by molar-refractivity contribution is -0.160. The first-order valence-electron chi connectivity index (χ1n) is 3.54. The first-order valence-corrected chi connectivity index (χ1v) is 3.54. The molecule has 1 aliphatic heterocycles. The summed E-state index contributed by atoms with van der Waals surface area (Å²) in [5, 5.41) is 9.15. The number of rotatable bonds is 0. The Kier molecular flexibility index (Phi) is 1.84. The minimum atomic E-state index is -0.611. The van der Waals surface area contributed by atoms with Crippen LogP contribution in [0, 0.1) is 0 Å². The highest BCUT2D eigenvalue weighted by molar-refractivity contribution is 5.10. The van der Waals surface area contributed by atoms with E-state index in [0.717, 1.165) is 0 Å². The highest BCUT2D eigenvalue weighted by Crippen LogP contribution is 2.24. The lowest BCUT2D eigenvalue weighted by Crippen LogP contribution is -2.32. The van der Waals surface area contributed by atoms with E-state index in [9.17, 15) is 0 Å². The van der Waals surface area contributed by atoms with E-state index in [1.165, 1.54) is 5.57 Å². The van der Waals surface area contributed by atoms with Gasteiger partial charge in [-0.15, -0.1) is 0 Å². The van der Waals surface area contributed by atoms with Crippen LogP contribution in [0.2, 0.25) is 0 Å². The minimum absolute atomic E-state index is 0.290. The standard InChI is InChI=1S/C8H14O2/c1-6-4-7(9)10-8(2,3)5-6/h5,7,9H,4H2,1-3H3. The molecule has 58 valence electrons. The first kappa shape index (κ1) is 7.76. The number of aliphatic hydroxyl groups is 1. The zero-order chi connectivity index (χ0) is 7.78. The van der Waals surface area contributed by atoms with Crippen molar-refractivity contribution >= 4 is 0 Å². The van der Waals surface area contributed by atoms with Crippen LogP contribution in [0.4, 0.5) is 0 Å². The molecule has 0 saturated heterocycles. The normalized spacial score (nSPS) is 31.6. The third-order valence-corrected chi connectivity index (χ3v) is 1.53. The molecule has 1 aliphatic rings. The van der Waals surface area contributed by atoms with E-state index in [2.05, 4.69) is 0 Å². The van der Waals surface area contributed by atoms with Gasteiger partial charge in [-0.2, -0.15) is 0 Å². The van der Waals surface area contributed by atoms with Crippen molar-refractivity contribution in [1.82, 2.24) is 0 Å². The van der Waals surface area contributed by atoms with Gasteiger partial charge < -0.3 is 9.84 Å². The molecule has 1 rings (SSSR count). The van der Waals surface area contributed by atoms with Gasteiger partial charge in [0.2, 0.25) is 0 Å². The summed E-state index contributed by atoms with van der Waals surface area (Å²) in [5.74, 6) is 0. The number of hydrogen-bond acceptors (Lipinski definition) is 2. The van der Waals surface area contributed by atoms with Crippen molar-refractivity contribution in [2.75, 3.05) is 0 Å². The molecule has 10 heavy (non-hydrogen) atoms. The molecule has 0 bridgehead atoms. The van der Waals surface area contributed by atoms with Crippen LogP contribution >= 0.6 is 0 Å². The molecule has 0 aromatic rings. The van der Waals surface area contributed by atoms with E-state index >= 15 is 0 Å². The molecule has 2 heteroatoms. The molecule has 2 nitrogen and oxygen atoms in total. The third kappa shape index (κ3) is 1.82. The van der Waals surface area contributed by atoms with E-state index in [1.54, 1.807) is 0 Å². The fraction of sp³-hybridized carbons (Fsp3) is 0.750. The molecular weight excluding hydrogens is 128 g/mol. The Morgan fingerprint density at radius 1 is 1.70 bits per heavy atom. The molecule has 0 radical (unpaired) electrons. The smallest absolute Gasteiger partial charge is 0.159 e. The van der Waals surface area contributed by atoms with E-state index in [4.69, 9.17) is 9.84 Å². The Bertz CT molecular complexity index is 159. The lowest BCUT2D eigenvalue weighted by Gasteiger charge is -2.30. The molecule has 1 N–H and O–H groups in total. The van der Waals surface area contributed by atoms with Crippen LogP contribution in [-0.2, 0) is 4.74 Å².